The largest absolute Gasteiger partial charge is 0.370 e. The van der Waals surface area contributed by atoms with Crippen LogP contribution in [0.5, 0.6) is 0 Å². The first-order chi connectivity index (χ1) is 8.63. The Morgan fingerprint density at radius 1 is 1.44 bits per heavy atom. The second kappa shape index (κ2) is 4.92. The standard InChI is InChI=1S/C11H10N2O5/c14-6-8-1-2-9(5-10(8)13(16)17)12-3-4-18-7-11(12)15/h1-2,5-6H,3-4,7H2. The van der Waals surface area contributed by atoms with E-state index in [0.29, 0.717) is 25.1 Å². The molecule has 1 aliphatic heterocycles. The molecule has 0 bridgehead atoms. The van der Waals surface area contributed by atoms with Crippen LogP contribution in [0, 0.1) is 10.1 Å². The Kier molecular flexibility index (Phi) is 3.33. The molecular weight excluding hydrogens is 240 g/mol. The molecule has 18 heavy (non-hydrogen) atoms. The molecule has 0 unspecified atom stereocenters. The summed E-state index contributed by atoms with van der Waals surface area (Å²) in [7, 11) is 0. The SMILES string of the molecule is O=Cc1ccc(N2CCOCC2=O)cc1[N+](=O)[O-]. The molecule has 0 spiro atoms. The first-order valence-corrected chi connectivity index (χ1v) is 5.25. The summed E-state index contributed by atoms with van der Waals surface area (Å²) in [6.45, 7) is 0.689. The Labute approximate surface area is 102 Å². The van der Waals surface area contributed by atoms with Crippen molar-refractivity contribution in [3.05, 3.63) is 33.9 Å². The Balaban J connectivity index is 2.39. The van der Waals surface area contributed by atoms with Gasteiger partial charge in [-0.25, -0.2) is 0 Å². The van der Waals surface area contributed by atoms with Crippen LogP contribution in [0.4, 0.5) is 11.4 Å². The molecule has 1 aromatic rings. The highest BCUT2D eigenvalue weighted by Crippen LogP contribution is 2.25. The molecule has 0 aromatic heterocycles. The number of morpholine rings is 1. The average molecular weight is 250 g/mol. The van der Waals surface area contributed by atoms with E-state index in [9.17, 15) is 19.7 Å². The van der Waals surface area contributed by atoms with Crippen LogP contribution in [0.1, 0.15) is 10.4 Å². The second-order valence-corrected chi connectivity index (χ2v) is 3.72. The lowest BCUT2D eigenvalue weighted by atomic mass is 10.1. The van der Waals surface area contributed by atoms with Gasteiger partial charge in [0.1, 0.15) is 6.61 Å². The number of amides is 1. The topological polar surface area (TPSA) is 89.8 Å². The van der Waals surface area contributed by atoms with Gasteiger partial charge in [0.05, 0.1) is 22.8 Å². The summed E-state index contributed by atoms with van der Waals surface area (Å²) < 4.78 is 4.97. The molecule has 94 valence electrons. The van der Waals surface area contributed by atoms with E-state index in [1.165, 1.54) is 23.1 Å². The van der Waals surface area contributed by atoms with Gasteiger partial charge in [-0.15, -0.1) is 0 Å². The zero-order valence-electron chi connectivity index (χ0n) is 9.37. The van der Waals surface area contributed by atoms with Gasteiger partial charge >= 0.3 is 0 Å². The normalized spacial score (nSPS) is 15.6. The van der Waals surface area contributed by atoms with E-state index in [-0.39, 0.29) is 23.8 Å². The third-order valence-electron chi connectivity index (χ3n) is 2.64. The van der Waals surface area contributed by atoms with E-state index in [2.05, 4.69) is 0 Å². The van der Waals surface area contributed by atoms with Crippen LogP contribution in [-0.4, -0.2) is 36.9 Å². The van der Waals surface area contributed by atoms with Crippen LogP contribution in [0.2, 0.25) is 0 Å². The lowest BCUT2D eigenvalue weighted by molar-refractivity contribution is -0.385. The number of carbonyl (C=O) groups is 2. The fourth-order valence-electron chi connectivity index (χ4n) is 1.75. The summed E-state index contributed by atoms with van der Waals surface area (Å²) in [5, 5.41) is 10.8. The fraction of sp³-hybridized carbons (Fsp3) is 0.273. The van der Waals surface area contributed by atoms with E-state index in [1.807, 2.05) is 0 Å². The number of anilines is 1. The van der Waals surface area contributed by atoms with Crippen LogP contribution in [0.25, 0.3) is 0 Å². The van der Waals surface area contributed by atoms with Gasteiger partial charge in [-0.3, -0.25) is 19.7 Å². The molecule has 7 nitrogen and oxygen atoms in total. The molecule has 0 atom stereocenters. The zero-order valence-corrected chi connectivity index (χ0v) is 9.37. The number of ether oxygens (including phenoxy) is 1. The zero-order chi connectivity index (χ0) is 13.1. The van der Waals surface area contributed by atoms with E-state index >= 15 is 0 Å². The number of aldehydes is 1. The first-order valence-electron chi connectivity index (χ1n) is 5.25. The van der Waals surface area contributed by atoms with Gasteiger partial charge in [-0.1, -0.05) is 0 Å². The summed E-state index contributed by atoms with van der Waals surface area (Å²) in [4.78, 5) is 33.9. The highest BCUT2D eigenvalue weighted by atomic mass is 16.6. The average Bonchev–Trinajstić information content (AvgIpc) is 2.38. The van der Waals surface area contributed by atoms with Gasteiger partial charge in [0.15, 0.2) is 6.29 Å². The number of hydrogen-bond acceptors (Lipinski definition) is 5. The second-order valence-electron chi connectivity index (χ2n) is 3.72. The number of benzene rings is 1. The molecule has 1 heterocycles. The molecule has 0 N–H and O–H groups in total. The maximum Gasteiger partial charge on any atom is 0.281 e. The summed E-state index contributed by atoms with van der Waals surface area (Å²) in [5.41, 5.74) is 0.0897. The molecule has 1 fully saturated rings. The third kappa shape index (κ3) is 2.21. The Morgan fingerprint density at radius 2 is 2.22 bits per heavy atom. The Hall–Kier alpha value is -2.28. The molecule has 7 heteroatoms. The van der Waals surface area contributed by atoms with Crippen LogP contribution in [0.15, 0.2) is 18.2 Å². The maximum absolute atomic E-state index is 11.6. The predicted octanol–water partition coefficient (Wildman–Crippen LogP) is 0.770. The molecule has 0 saturated carbocycles. The minimum atomic E-state index is -0.641. The van der Waals surface area contributed by atoms with Crippen LogP contribution >= 0.6 is 0 Å². The van der Waals surface area contributed by atoms with Crippen molar-refractivity contribution in [2.24, 2.45) is 0 Å². The highest BCUT2D eigenvalue weighted by Gasteiger charge is 2.23. The van der Waals surface area contributed by atoms with Crippen molar-refractivity contribution in [3.8, 4) is 0 Å². The number of carbonyl (C=O) groups excluding carboxylic acids is 2. The maximum atomic E-state index is 11.6. The van der Waals surface area contributed by atoms with Gasteiger partial charge in [0.25, 0.3) is 11.6 Å². The van der Waals surface area contributed by atoms with Crippen molar-refractivity contribution in [3.63, 3.8) is 0 Å². The summed E-state index contributed by atoms with van der Waals surface area (Å²) >= 11 is 0. The molecule has 0 aliphatic carbocycles. The quantitative estimate of drug-likeness (QED) is 0.449. The lowest BCUT2D eigenvalue weighted by Gasteiger charge is -2.26. The first kappa shape index (κ1) is 12.2. The smallest absolute Gasteiger partial charge is 0.281 e. The van der Waals surface area contributed by atoms with Crippen molar-refractivity contribution in [2.75, 3.05) is 24.7 Å². The molecule has 0 radical (unpaired) electrons. The van der Waals surface area contributed by atoms with Gasteiger partial charge in [0, 0.05) is 12.6 Å². The molecule has 1 aliphatic rings. The van der Waals surface area contributed by atoms with Crippen molar-refractivity contribution >= 4 is 23.6 Å². The lowest BCUT2D eigenvalue weighted by Crippen LogP contribution is -2.41. The summed E-state index contributed by atoms with van der Waals surface area (Å²) in [6.07, 6.45) is 0.420. The number of hydrogen-bond donors (Lipinski definition) is 0. The van der Waals surface area contributed by atoms with E-state index < -0.39 is 4.92 Å². The molecule has 2 rings (SSSR count). The van der Waals surface area contributed by atoms with Gasteiger partial charge in [-0.05, 0) is 12.1 Å². The van der Waals surface area contributed by atoms with Crippen molar-refractivity contribution in [1.82, 2.24) is 0 Å². The van der Waals surface area contributed by atoms with Crippen LogP contribution in [0.3, 0.4) is 0 Å². The third-order valence-corrected chi connectivity index (χ3v) is 2.64. The van der Waals surface area contributed by atoms with Crippen molar-refractivity contribution in [1.29, 1.82) is 0 Å². The Morgan fingerprint density at radius 3 is 2.83 bits per heavy atom. The van der Waals surface area contributed by atoms with E-state index in [1.54, 1.807) is 0 Å². The fourth-order valence-corrected chi connectivity index (χ4v) is 1.75. The van der Waals surface area contributed by atoms with Crippen molar-refractivity contribution < 1.29 is 19.2 Å². The Bertz CT molecular complexity index is 514. The molecule has 1 aromatic carbocycles. The highest BCUT2D eigenvalue weighted by molar-refractivity contribution is 5.96. The van der Waals surface area contributed by atoms with Gasteiger partial charge < -0.3 is 9.64 Å². The monoisotopic (exact) mass is 250 g/mol. The van der Waals surface area contributed by atoms with E-state index in [0.717, 1.165) is 0 Å². The minimum Gasteiger partial charge on any atom is -0.370 e. The molecule has 1 amide bonds. The summed E-state index contributed by atoms with van der Waals surface area (Å²) in [6, 6.07) is 4.08. The van der Waals surface area contributed by atoms with Crippen molar-refractivity contribution in [2.45, 2.75) is 0 Å². The number of nitro benzene ring substituents is 1. The minimum absolute atomic E-state index is 0.00976. The van der Waals surface area contributed by atoms with Gasteiger partial charge in [0.2, 0.25) is 0 Å². The number of rotatable bonds is 3. The molecule has 1 saturated heterocycles. The van der Waals surface area contributed by atoms with Gasteiger partial charge in [-0.2, -0.15) is 0 Å². The van der Waals surface area contributed by atoms with Crippen LogP contribution < -0.4 is 4.90 Å². The number of nitro groups is 1. The number of nitrogens with zero attached hydrogens (tertiary/aromatic N) is 2. The molecular formula is C11H10N2O5. The van der Waals surface area contributed by atoms with E-state index in [4.69, 9.17) is 4.74 Å². The summed E-state index contributed by atoms with van der Waals surface area (Å²) in [5.74, 6) is -0.255. The van der Waals surface area contributed by atoms with Crippen LogP contribution in [-0.2, 0) is 9.53 Å². The predicted molar refractivity (Wildman–Crippen MR) is 61.7 cm³/mol.